The molecule has 0 fully saturated rings. The molecule has 21 heavy (non-hydrogen) atoms. The number of nitro groups is 1. The van der Waals surface area contributed by atoms with E-state index in [-0.39, 0.29) is 18.8 Å². The second kappa shape index (κ2) is 6.39. The maximum absolute atomic E-state index is 12.2. The van der Waals surface area contributed by atoms with Gasteiger partial charge in [0.05, 0.1) is 18.1 Å². The van der Waals surface area contributed by atoms with Crippen molar-refractivity contribution in [2.75, 3.05) is 13.2 Å². The third-order valence-electron chi connectivity index (χ3n) is 3.47. The zero-order chi connectivity index (χ0) is 15.4. The van der Waals surface area contributed by atoms with E-state index in [4.69, 9.17) is 9.47 Å². The molecule has 0 spiro atoms. The highest BCUT2D eigenvalue weighted by atomic mass is 16.6. The molecule has 2 rings (SSSR count). The zero-order valence-corrected chi connectivity index (χ0v) is 11.9. The first kappa shape index (κ1) is 15.0. The van der Waals surface area contributed by atoms with E-state index in [0.717, 1.165) is 0 Å². The number of nitrogens with zero attached hydrogens (tertiary/aromatic N) is 1. The lowest BCUT2D eigenvalue weighted by atomic mass is 9.83. The molecule has 6 heteroatoms. The Morgan fingerprint density at radius 2 is 2.10 bits per heavy atom. The Morgan fingerprint density at radius 3 is 2.67 bits per heavy atom. The minimum atomic E-state index is -1.00. The van der Waals surface area contributed by atoms with Crippen LogP contribution in [0.5, 0.6) is 0 Å². The first-order valence-electron chi connectivity index (χ1n) is 6.75. The van der Waals surface area contributed by atoms with Crippen molar-refractivity contribution in [1.82, 2.24) is 0 Å². The van der Waals surface area contributed by atoms with Gasteiger partial charge in [-0.25, -0.2) is 4.79 Å². The van der Waals surface area contributed by atoms with Gasteiger partial charge in [0.15, 0.2) is 6.61 Å². The first-order chi connectivity index (χ1) is 10.1. The molecule has 0 N–H and O–H groups in total. The minimum absolute atomic E-state index is 0.0543. The summed E-state index contributed by atoms with van der Waals surface area (Å²) in [6, 6.07) is 7.96. The van der Waals surface area contributed by atoms with Crippen LogP contribution >= 0.6 is 0 Å². The SMILES string of the molecule is CCOC(=O)C1=C(C)OCC([N+](=O)[O-])[C@@H]1c1ccccc1. The molecular weight excluding hydrogens is 274 g/mol. The van der Waals surface area contributed by atoms with Gasteiger partial charge in [-0.15, -0.1) is 0 Å². The van der Waals surface area contributed by atoms with E-state index in [1.54, 1.807) is 38.1 Å². The summed E-state index contributed by atoms with van der Waals surface area (Å²) in [5, 5.41) is 11.3. The molecule has 1 aromatic rings. The highest BCUT2D eigenvalue weighted by Gasteiger charge is 2.44. The molecule has 1 heterocycles. The predicted molar refractivity (Wildman–Crippen MR) is 75.3 cm³/mol. The second-order valence-corrected chi connectivity index (χ2v) is 4.74. The maximum atomic E-state index is 12.2. The fourth-order valence-electron chi connectivity index (χ4n) is 2.51. The lowest BCUT2D eigenvalue weighted by Gasteiger charge is -2.29. The van der Waals surface area contributed by atoms with Crippen LogP contribution in [0.25, 0.3) is 0 Å². The van der Waals surface area contributed by atoms with E-state index in [1.165, 1.54) is 0 Å². The van der Waals surface area contributed by atoms with Gasteiger partial charge in [0.2, 0.25) is 0 Å². The van der Waals surface area contributed by atoms with Crippen LogP contribution in [0.2, 0.25) is 0 Å². The van der Waals surface area contributed by atoms with Crippen molar-refractivity contribution >= 4 is 5.97 Å². The number of allylic oxidation sites excluding steroid dienone is 1. The lowest BCUT2D eigenvalue weighted by Crippen LogP contribution is -2.39. The summed E-state index contributed by atoms with van der Waals surface area (Å²) < 4.78 is 10.4. The number of carbonyl (C=O) groups is 1. The van der Waals surface area contributed by atoms with Gasteiger partial charge in [-0.3, -0.25) is 10.1 Å². The topological polar surface area (TPSA) is 78.7 Å². The van der Waals surface area contributed by atoms with Crippen molar-refractivity contribution in [2.45, 2.75) is 25.8 Å². The summed E-state index contributed by atoms with van der Waals surface area (Å²) in [6.45, 7) is 3.49. The van der Waals surface area contributed by atoms with Gasteiger partial charge in [0.1, 0.15) is 5.76 Å². The summed E-state index contributed by atoms with van der Waals surface area (Å²) in [5.74, 6) is -0.829. The molecule has 1 aliphatic rings. The van der Waals surface area contributed by atoms with Gasteiger partial charge in [0, 0.05) is 4.92 Å². The van der Waals surface area contributed by atoms with Gasteiger partial charge in [-0.2, -0.15) is 0 Å². The number of carbonyl (C=O) groups excluding carboxylic acids is 1. The smallest absolute Gasteiger partial charge is 0.338 e. The first-order valence-corrected chi connectivity index (χ1v) is 6.75. The van der Waals surface area contributed by atoms with Crippen molar-refractivity contribution in [3.05, 3.63) is 57.3 Å². The van der Waals surface area contributed by atoms with Crippen LogP contribution in [-0.2, 0) is 14.3 Å². The van der Waals surface area contributed by atoms with Crippen molar-refractivity contribution in [3.8, 4) is 0 Å². The Morgan fingerprint density at radius 1 is 1.43 bits per heavy atom. The summed E-state index contributed by atoms with van der Waals surface area (Å²) in [5.41, 5.74) is 0.945. The van der Waals surface area contributed by atoms with Crippen LogP contribution in [0, 0.1) is 10.1 Å². The van der Waals surface area contributed by atoms with Crippen LogP contribution in [-0.4, -0.2) is 30.1 Å². The number of ether oxygens (including phenoxy) is 2. The summed E-state index contributed by atoms with van der Waals surface area (Å²) in [6.07, 6.45) is 0. The molecule has 0 bridgehead atoms. The summed E-state index contributed by atoms with van der Waals surface area (Å²) >= 11 is 0. The van der Waals surface area contributed by atoms with Crippen LogP contribution in [0.3, 0.4) is 0 Å². The molecule has 1 aromatic carbocycles. The van der Waals surface area contributed by atoms with E-state index >= 15 is 0 Å². The number of benzene rings is 1. The number of hydrogen-bond donors (Lipinski definition) is 0. The zero-order valence-electron chi connectivity index (χ0n) is 11.9. The third kappa shape index (κ3) is 3.04. The molecule has 0 radical (unpaired) electrons. The van der Waals surface area contributed by atoms with E-state index in [1.807, 2.05) is 6.07 Å². The molecule has 0 aromatic heterocycles. The third-order valence-corrected chi connectivity index (χ3v) is 3.47. The molecule has 6 nitrogen and oxygen atoms in total. The molecule has 1 unspecified atom stereocenters. The van der Waals surface area contributed by atoms with Crippen LogP contribution in [0.1, 0.15) is 25.3 Å². The largest absolute Gasteiger partial charge is 0.490 e. The fourth-order valence-corrected chi connectivity index (χ4v) is 2.51. The number of esters is 1. The molecule has 112 valence electrons. The molecule has 1 aliphatic heterocycles. The molecule has 2 atom stereocenters. The summed E-state index contributed by atoms with van der Waals surface area (Å²) in [4.78, 5) is 23.1. The van der Waals surface area contributed by atoms with Crippen molar-refractivity contribution in [3.63, 3.8) is 0 Å². The maximum Gasteiger partial charge on any atom is 0.338 e. The number of hydrogen-bond acceptors (Lipinski definition) is 5. The average Bonchev–Trinajstić information content (AvgIpc) is 2.47. The standard InChI is InChI=1S/C15H17NO5/c1-3-20-15(17)13-10(2)21-9-12(16(18)19)14(13)11-7-5-4-6-8-11/h4-8,12,14H,3,9H2,1-2H3/t12?,14-/m0/s1. The van der Waals surface area contributed by atoms with Gasteiger partial charge >= 0.3 is 5.97 Å². The van der Waals surface area contributed by atoms with Crippen molar-refractivity contribution in [2.24, 2.45) is 0 Å². The molecule has 0 saturated carbocycles. The fraction of sp³-hybridized carbons (Fsp3) is 0.400. The Labute approximate surface area is 122 Å². The highest BCUT2D eigenvalue weighted by Crippen LogP contribution is 2.36. The predicted octanol–water partition coefficient (Wildman–Crippen LogP) is 2.28. The number of rotatable bonds is 4. The van der Waals surface area contributed by atoms with Gasteiger partial charge in [-0.1, -0.05) is 30.3 Å². The molecular formula is C15H17NO5. The Bertz CT molecular complexity index is 567. The van der Waals surface area contributed by atoms with E-state index < -0.39 is 22.9 Å². The van der Waals surface area contributed by atoms with Gasteiger partial charge in [-0.05, 0) is 19.4 Å². The quantitative estimate of drug-likeness (QED) is 0.483. The molecule has 0 aliphatic carbocycles. The van der Waals surface area contributed by atoms with Gasteiger partial charge in [0.25, 0.3) is 6.04 Å². The Hall–Kier alpha value is -2.37. The van der Waals surface area contributed by atoms with Crippen LogP contribution in [0.4, 0.5) is 0 Å². The van der Waals surface area contributed by atoms with Crippen molar-refractivity contribution < 1.29 is 19.2 Å². The van der Waals surface area contributed by atoms with E-state index in [2.05, 4.69) is 0 Å². The Balaban J connectivity index is 2.51. The normalized spacial score (nSPS) is 21.6. The Kier molecular flexibility index (Phi) is 4.57. The van der Waals surface area contributed by atoms with Crippen LogP contribution < -0.4 is 0 Å². The molecule has 0 amide bonds. The monoisotopic (exact) mass is 291 g/mol. The highest BCUT2D eigenvalue weighted by molar-refractivity contribution is 5.91. The van der Waals surface area contributed by atoms with E-state index in [0.29, 0.717) is 11.3 Å². The van der Waals surface area contributed by atoms with Crippen molar-refractivity contribution in [1.29, 1.82) is 0 Å². The second-order valence-electron chi connectivity index (χ2n) is 4.74. The summed E-state index contributed by atoms with van der Waals surface area (Å²) in [7, 11) is 0. The van der Waals surface area contributed by atoms with Gasteiger partial charge < -0.3 is 9.47 Å². The van der Waals surface area contributed by atoms with E-state index in [9.17, 15) is 14.9 Å². The lowest BCUT2D eigenvalue weighted by molar-refractivity contribution is -0.530. The minimum Gasteiger partial charge on any atom is -0.490 e. The molecule has 0 saturated heterocycles. The average molecular weight is 291 g/mol. The van der Waals surface area contributed by atoms with Crippen LogP contribution in [0.15, 0.2) is 41.7 Å².